The van der Waals surface area contributed by atoms with E-state index < -0.39 is 5.97 Å². The Morgan fingerprint density at radius 2 is 2.25 bits per heavy atom. The van der Waals surface area contributed by atoms with Crippen LogP contribution in [-0.2, 0) is 4.79 Å². The molecule has 1 aromatic rings. The fourth-order valence-corrected chi connectivity index (χ4v) is 0.940. The summed E-state index contributed by atoms with van der Waals surface area (Å²) in [5.74, 6) is 4.19. The fraction of sp³-hybridized carbons (Fsp3) is 0.182. The maximum atomic E-state index is 10.6. The Bertz CT molecular complexity index is 472. The van der Waals surface area contributed by atoms with Gasteiger partial charge in [-0.2, -0.15) is 0 Å². The van der Waals surface area contributed by atoms with E-state index in [1.165, 1.54) is 25.4 Å². The molecule has 0 fully saturated rings. The van der Waals surface area contributed by atoms with Crippen LogP contribution in [0.5, 0.6) is 0 Å². The minimum absolute atomic E-state index is 0.0892. The van der Waals surface area contributed by atoms with Crippen molar-refractivity contribution in [2.45, 2.75) is 6.92 Å². The number of carbonyl (C=O) groups excluding carboxylic acids is 1. The summed E-state index contributed by atoms with van der Waals surface area (Å²) < 4.78 is 0. The first-order valence-corrected chi connectivity index (χ1v) is 4.51. The molecule has 5 nitrogen and oxygen atoms in total. The van der Waals surface area contributed by atoms with Gasteiger partial charge in [0.1, 0.15) is 0 Å². The first kappa shape index (κ1) is 11.7. The molecule has 0 bridgehead atoms. The van der Waals surface area contributed by atoms with Gasteiger partial charge in [-0.3, -0.25) is 9.78 Å². The van der Waals surface area contributed by atoms with E-state index >= 15 is 0 Å². The lowest BCUT2D eigenvalue weighted by Gasteiger charge is -1.94. The van der Waals surface area contributed by atoms with Gasteiger partial charge in [0.2, 0.25) is 5.91 Å². The number of carboxylic acids is 1. The number of aromatic nitrogens is 1. The number of nitrogens with zero attached hydrogens (tertiary/aromatic N) is 1. The van der Waals surface area contributed by atoms with Gasteiger partial charge in [0.05, 0.1) is 12.1 Å². The van der Waals surface area contributed by atoms with Gasteiger partial charge in [-0.25, -0.2) is 4.79 Å². The molecule has 0 atom stereocenters. The Morgan fingerprint density at radius 3 is 2.88 bits per heavy atom. The molecule has 0 spiro atoms. The number of pyridine rings is 1. The zero-order chi connectivity index (χ0) is 12.0. The molecule has 1 amide bonds. The second-order valence-corrected chi connectivity index (χ2v) is 2.98. The predicted molar refractivity (Wildman–Crippen MR) is 56.8 cm³/mol. The summed E-state index contributed by atoms with van der Waals surface area (Å²) in [5, 5.41) is 11.2. The number of carbonyl (C=O) groups is 2. The Morgan fingerprint density at radius 1 is 1.50 bits per heavy atom. The molecule has 0 aliphatic carbocycles. The van der Waals surface area contributed by atoms with Gasteiger partial charge in [0.15, 0.2) is 0 Å². The maximum Gasteiger partial charge on any atom is 0.337 e. The van der Waals surface area contributed by atoms with Gasteiger partial charge < -0.3 is 10.4 Å². The van der Waals surface area contributed by atoms with E-state index in [1.54, 1.807) is 0 Å². The van der Waals surface area contributed by atoms with Crippen molar-refractivity contribution in [1.29, 1.82) is 0 Å². The summed E-state index contributed by atoms with van der Waals surface area (Å²) in [6.07, 6.45) is 2.72. The first-order chi connectivity index (χ1) is 7.59. The minimum Gasteiger partial charge on any atom is -0.478 e. The van der Waals surface area contributed by atoms with E-state index in [0.29, 0.717) is 5.56 Å². The molecule has 0 aliphatic heterocycles. The lowest BCUT2D eigenvalue weighted by molar-refractivity contribution is -0.118. The SMILES string of the molecule is CC(=O)NCC#Cc1cncc(C(=O)O)c1. The van der Waals surface area contributed by atoms with Crippen molar-refractivity contribution < 1.29 is 14.7 Å². The first-order valence-electron chi connectivity index (χ1n) is 4.51. The Kier molecular flexibility index (Phi) is 4.04. The van der Waals surface area contributed by atoms with Crippen molar-refractivity contribution in [3.05, 3.63) is 29.6 Å². The van der Waals surface area contributed by atoms with Crippen molar-refractivity contribution >= 4 is 11.9 Å². The quantitative estimate of drug-likeness (QED) is 0.698. The van der Waals surface area contributed by atoms with Crippen LogP contribution in [-0.4, -0.2) is 28.5 Å². The number of carboxylic acid groups (broad SMARTS) is 1. The molecular formula is C11H10N2O3. The van der Waals surface area contributed by atoms with E-state index in [9.17, 15) is 9.59 Å². The largest absolute Gasteiger partial charge is 0.478 e. The van der Waals surface area contributed by atoms with Gasteiger partial charge in [0, 0.05) is 24.9 Å². The summed E-state index contributed by atoms with van der Waals surface area (Å²) in [6, 6.07) is 1.43. The van der Waals surface area contributed by atoms with Crippen LogP contribution in [0.2, 0.25) is 0 Å². The molecule has 5 heteroatoms. The monoisotopic (exact) mass is 218 g/mol. The Balaban J connectivity index is 2.70. The van der Waals surface area contributed by atoms with Crippen molar-refractivity contribution in [1.82, 2.24) is 10.3 Å². The second kappa shape index (κ2) is 5.51. The van der Waals surface area contributed by atoms with Crippen molar-refractivity contribution in [2.24, 2.45) is 0 Å². The zero-order valence-corrected chi connectivity index (χ0v) is 8.65. The number of nitrogens with one attached hydrogen (secondary N) is 1. The third kappa shape index (κ3) is 3.80. The van der Waals surface area contributed by atoms with Crippen molar-refractivity contribution in [3.63, 3.8) is 0 Å². The van der Waals surface area contributed by atoms with Crippen molar-refractivity contribution in [3.8, 4) is 11.8 Å². The topological polar surface area (TPSA) is 79.3 Å². The van der Waals surface area contributed by atoms with Gasteiger partial charge in [-0.1, -0.05) is 11.8 Å². The van der Waals surface area contributed by atoms with Gasteiger partial charge in [-0.05, 0) is 6.07 Å². The molecule has 0 aromatic carbocycles. The normalized spacial score (nSPS) is 8.81. The lowest BCUT2D eigenvalue weighted by atomic mass is 10.2. The number of aromatic carboxylic acids is 1. The second-order valence-electron chi connectivity index (χ2n) is 2.98. The molecular weight excluding hydrogens is 208 g/mol. The van der Waals surface area contributed by atoms with Crippen LogP contribution in [0.15, 0.2) is 18.5 Å². The van der Waals surface area contributed by atoms with E-state index in [4.69, 9.17) is 5.11 Å². The third-order valence-corrected chi connectivity index (χ3v) is 1.64. The summed E-state index contributed by atoms with van der Waals surface area (Å²) >= 11 is 0. The van der Waals surface area contributed by atoms with Crippen LogP contribution in [0.3, 0.4) is 0 Å². The third-order valence-electron chi connectivity index (χ3n) is 1.64. The molecule has 1 aromatic heterocycles. The summed E-state index contributed by atoms with van der Waals surface area (Å²) in [6.45, 7) is 1.63. The van der Waals surface area contributed by atoms with E-state index in [-0.39, 0.29) is 18.0 Å². The number of hydrogen-bond donors (Lipinski definition) is 2. The molecule has 1 rings (SSSR count). The number of amides is 1. The van der Waals surface area contributed by atoms with Crippen LogP contribution < -0.4 is 5.32 Å². The molecule has 0 saturated carbocycles. The zero-order valence-electron chi connectivity index (χ0n) is 8.65. The number of hydrogen-bond acceptors (Lipinski definition) is 3. The summed E-state index contributed by atoms with van der Waals surface area (Å²) in [5.41, 5.74) is 0.594. The van der Waals surface area contributed by atoms with Gasteiger partial charge in [0.25, 0.3) is 0 Å². The average molecular weight is 218 g/mol. The summed E-state index contributed by atoms with van der Waals surface area (Å²) in [4.78, 5) is 24.9. The highest BCUT2D eigenvalue weighted by atomic mass is 16.4. The number of rotatable bonds is 2. The van der Waals surface area contributed by atoms with E-state index in [2.05, 4.69) is 22.1 Å². The molecule has 1 heterocycles. The lowest BCUT2D eigenvalue weighted by Crippen LogP contribution is -2.19. The molecule has 82 valence electrons. The van der Waals surface area contributed by atoms with Gasteiger partial charge in [-0.15, -0.1) is 0 Å². The molecule has 0 saturated heterocycles. The maximum absolute atomic E-state index is 10.6. The molecule has 0 unspecified atom stereocenters. The van der Waals surface area contributed by atoms with Gasteiger partial charge >= 0.3 is 5.97 Å². The predicted octanol–water partition coefficient (Wildman–Crippen LogP) is 0.267. The smallest absolute Gasteiger partial charge is 0.337 e. The standard InChI is InChI=1S/C11H10N2O3/c1-8(14)13-4-2-3-9-5-10(11(15)16)7-12-6-9/h5-7H,4H2,1H3,(H,13,14)(H,15,16). The minimum atomic E-state index is -1.04. The van der Waals surface area contributed by atoms with Crippen LogP contribution in [0.1, 0.15) is 22.8 Å². The van der Waals surface area contributed by atoms with Crippen LogP contribution in [0, 0.1) is 11.8 Å². The van der Waals surface area contributed by atoms with Crippen LogP contribution >= 0.6 is 0 Å². The molecule has 0 aliphatic rings. The molecule has 2 N–H and O–H groups in total. The van der Waals surface area contributed by atoms with Crippen LogP contribution in [0.25, 0.3) is 0 Å². The Hall–Kier alpha value is -2.35. The molecule has 0 radical (unpaired) electrons. The summed E-state index contributed by atoms with van der Waals surface area (Å²) in [7, 11) is 0. The van der Waals surface area contributed by atoms with Crippen LogP contribution in [0.4, 0.5) is 0 Å². The highest BCUT2D eigenvalue weighted by Gasteiger charge is 2.02. The van der Waals surface area contributed by atoms with E-state index in [1.807, 2.05) is 0 Å². The Labute approximate surface area is 92.5 Å². The van der Waals surface area contributed by atoms with E-state index in [0.717, 1.165) is 0 Å². The fourth-order valence-electron chi connectivity index (χ4n) is 0.940. The van der Waals surface area contributed by atoms with Crippen molar-refractivity contribution in [2.75, 3.05) is 6.54 Å². The highest BCUT2D eigenvalue weighted by Crippen LogP contribution is 2.00. The molecule has 16 heavy (non-hydrogen) atoms. The highest BCUT2D eigenvalue weighted by molar-refractivity contribution is 5.87. The average Bonchev–Trinajstić information content (AvgIpc) is 2.24.